The fourth-order valence-corrected chi connectivity index (χ4v) is 19.1. The molecule has 0 atom stereocenters. The fraction of sp³-hybridized carbons (Fsp3) is 0.0816. The van der Waals surface area contributed by atoms with Crippen molar-refractivity contribution < 1.29 is 9.59 Å². The van der Waals surface area contributed by atoms with Gasteiger partial charge < -0.3 is 29.7 Å². The van der Waals surface area contributed by atoms with Gasteiger partial charge in [0.15, 0.2) is 0 Å². The van der Waals surface area contributed by atoms with E-state index < -0.39 is 0 Å². The van der Waals surface area contributed by atoms with Crippen molar-refractivity contribution in [1.29, 1.82) is 0 Å². The zero-order valence-corrected chi connectivity index (χ0v) is 62.4. The zero-order valence-electron chi connectivity index (χ0n) is 60.8. The Balaban J connectivity index is 0.706. The number of hydrogen-bond donors (Lipinski definition) is 4. The summed E-state index contributed by atoms with van der Waals surface area (Å²) in [5.74, 6) is 14.5. The third-order valence-corrected chi connectivity index (χ3v) is 24.5. The molecule has 2 amide bonds. The number of aromatic nitrogens is 8. The SMILES string of the molecule is CCCCN1C(=O)C2=C(c3ccc(C#Cc4c5nc(cc6[nH]c(cc7nc(cc8[nH]c4c4ccccc84)-c4ccccc4-7)c4ccccc64)-c4ccccc4-5)s3)N(CCCC)C(=O)C2=C1c1ccc(C#Cc2c3nc(cc4[nH]c(cc5nc(cc6[nH]c2c2ccccc62)-c2ccccc2-5)c2ccccc42)-c2ccccc2-3)s1. The predicted octanol–water partition coefficient (Wildman–Crippen LogP) is 23.2. The molecule has 8 aromatic carbocycles. The molecule has 530 valence electrons. The summed E-state index contributed by atoms with van der Waals surface area (Å²) in [4.78, 5) is 75.7. The number of nitrogens with one attached hydrogen (secondary N) is 4. The average molecular weight is 1480 g/mol. The number of aromatic amines is 4. The van der Waals surface area contributed by atoms with E-state index in [2.05, 4.69) is 288 Å². The topological polar surface area (TPSA) is 155 Å². The van der Waals surface area contributed by atoms with Gasteiger partial charge in [0.1, 0.15) is 0 Å². The number of hydrogen-bond acceptors (Lipinski definition) is 8. The van der Waals surface area contributed by atoms with Gasteiger partial charge in [0.05, 0.1) is 110 Å². The highest BCUT2D eigenvalue weighted by Crippen LogP contribution is 2.51. The van der Waals surface area contributed by atoms with E-state index in [0.717, 1.165) is 234 Å². The molecule has 0 spiro atoms. The standard InChI is InChI=1S/C98H64N10O2S2/c1-3-5-47-107-95(87-45-41-55(111-87)39-43-73-91-69-35-19-15-31-65(69)83(103-91)51-79-61-27-11-7-23-57(61)75(99-79)49-76-58-24-8-12-28-62(58)80(100-76)52-84-66-32-16-20-36-70(66)92(73)104-84)89-90(97(107)109)96(108(98(89)110)48-6-4-2)88-46-42-56(112-88)40-44-74-93-71-37-21-17-33-67(71)85(105-93)53-81-63-29-13-9-25-59(63)77(101-81)50-78-60-26-10-14-30-64(60)82(102-78)54-86-68-34-18-22-38-72(68)94(74)106-86/h7-38,41-42,45-46,49-54,99,101,104,106H,3-6,47-48H2,1-2H3. The molecule has 14 heteroatoms. The van der Waals surface area contributed by atoms with Gasteiger partial charge >= 0.3 is 0 Å². The van der Waals surface area contributed by atoms with Gasteiger partial charge in [0, 0.05) is 134 Å². The molecule has 16 aromatic rings. The van der Waals surface area contributed by atoms with Gasteiger partial charge in [0.25, 0.3) is 11.8 Å². The second-order valence-electron chi connectivity index (χ2n) is 29.1. The average Bonchev–Trinajstić information content (AvgIpc) is 1.56. The third kappa shape index (κ3) is 10.3. The molecule has 112 heavy (non-hydrogen) atoms. The lowest BCUT2D eigenvalue weighted by atomic mass is 10.0. The van der Waals surface area contributed by atoms with Crippen LogP contribution in [0.5, 0.6) is 0 Å². The molecule has 0 unspecified atom stereocenters. The third-order valence-electron chi connectivity index (χ3n) is 22.5. The van der Waals surface area contributed by atoms with Crippen LogP contribution in [0.3, 0.4) is 0 Å². The predicted molar refractivity (Wildman–Crippen MR) is 457 cm³/mol. The number of carbonyl (C=O) groups excluding carboxylic acids is 2. The number of rotatable bonds is 8. The molecule has 6 aliphatic heterocycles. The monoisotopic (exact) mass is 1480 g/mol. The van der Waals surface area contributed by atoms with Gasteiger partial charge in [-0.05, 0) is 73.5 Å². The molecular weight excluding hydrogens is 1410 g/mol. The summed E-state index contributed by atoms with van der Waals surface area (Å²) < 4.78 is 0. The molecule has 22 rings (SSSR count). The Bertz CT molecular complexity index is 7030. The number of benzene rings is 8. The second-order valence-corrected chi connectivity index (χ2v) is 31.2. The molecular formula is C98H64N10O2S2. The molecule has 4 N–H and O–H groups in total. The normalized spacial score (nSPS) is 13.3. The molecule has 0 aliphatic carbocycles. The van der Waals surface area contributed by atoms with Crippen molar-refractivity contribution in [3.05, 3.63) is 297 Å². The van der Waals surface area contributed by atoms with E-state index in [9.17, 15) is 0 Å². The maximum absolute atomic E-state index is 15.8. The van der Waals surface area contributed by atoms with Gasteiger partial charge in [-0.25, -0.2) is 19.9 Å². The van der Waals surface area contributed by atoms with Crippen molar-refractivity contribution in [3.8, 4) is 114 Å². The molecule has 16 bridgehead atoms. The number of H-pyrrole nitrogens is 4. The van der Waals surface area contributed by atoms with Crippen LogP contribution in [0, 0.1) is 23.7 Å². The fourth-order valence-electron chi connectivity index (χ4n) is 17.2. The van der Waals surface area contributed by atoms with Crippen LogP contribution >= 0.6 is 22.7 Å². The second kappa shape index (κ2) is 25.8. The number of fused-ring (bicyclic) bond motifs is 41. The molecule has 0 saturated heterocycles. The Kier molecular flexibility index (Phi) is 15.0. The Labute approximate surface area is 650 Å². The molecule has 8 aromatic heterocycles. The highest BCUT2D eigenvalue weighted by molar-refractivity contribution is 7.14. The van der Waals surface area contributed by atoms with E-state index in [1.165, 1.54) is 22.7 Å². The van der Waals surface area contributed by atoms with Crippen LogP contribution in [0.4, 0.5) is 0 Å². The summed E-state index contributed by atoms with van der Waals surface area (Å²) in [5, 5.41) is 8.37. The summed E-state index contributed by atoms with van der Waals surface area (Å²) in [6.07, 6.45) is 3.17. The minimum atomic E-state index is -0.183. The van der Waals surface area contributed by atoms with E-state index in [4.69, 9.17) is 19.9 Å². The smallest absolute Gasteiger partial charge is 0.261 e. The molecule has 0 radical (unpaired) electrons. The number of nitrogens with zero attached hydrogens (tertiary/aromatic N) is 6. The van der Waals surface area contributed by atoms with Crippen LogP contribution < -0.4 is 0 Å². The maximum atomic E-state index is 15.8. The summed E-state index contributed by atoms with van der Waals surface area (Å²) in [5.41, 5.74) is 25.5. The van der Waals surface area contributed by atoms with E-state index in [0.29, 0.717) is 35.6 Å². The van der Waals surface area contributed by atoms with Crippen LogP contribution in [0.15, 0.2) is 266 Å². The van der Waals surface area contributed by atoms with E-state index >= 15 is 9.59 Å². The van der Waals surface area contributed by atoms with Crippen molar-refractivity contribution >= 4 is 133 Å². The summed E-state index contributed by atoms with van der Waals surface area (Å²) >= 11 is 2.99. The first kappa shape index (κ1) is 65.1. The van der Waals surface area contributed by atoms with E-state index in [-0.39, 0.29) is 11.8 Å². The first-order valence-electron chi connectivity index (χ1n) is 38.1. The zero-order chi connectivity index (χ0) is 74.4. The van der Waals surface area contributed by atoms with Crippen molar-refractivity contribution in [1.82, 2.24) is 49.7 Å². The Hall–Kier alpha value is -14.0. The van der Waals surface area contributed by atoms with Crippen molar-refractivity contribution in [2.24, 2.45) is 0 Å². The lowest BCUT2D eigenvalue weighted by molar-refractivity contribution is -0.124. The first-order valence-corrected chi connectivity index (χ1v) is 39.7. The quantitative estimate of drug-likeness (QED) is 0.111. The highest BCUT2D eigenvalue weighted by atomic mass is 32.1. The van der Waals surface area contributed by atoms with Crippen LogP contribution in [0.2, 0.25) is 0 Å². The minimum absolute atomic E-state index is 0.183. The molecule has 12 nitrogen and oxygen atoms in total. The van der Waals surface area contributed by atoms with Gasteiger partial charge in [0.2, 0.25) is 0 Å². The van der Waals surface area contributed by atoms with Crippen molar-refractivity contribution in [3.63, 3.8) is 0 Å². The Morgan fingerprint density at radius 3 is 0.920 bits per heavy atom. The van der Waals surface area contributed by atoms with Crippen molar-refractivity contribution in [2.75, 3.05) is 13.1 Å². The van der Waals surface area contributed by atoms with Crippen LogP contribution in [-0.4, -0.2) is 74.6 Å². The maximum Gasteiger partial charge on any atom is 0.261 e. The van der Waals surface area contributed by atoms with Crippen LogP contribution in [-0.2, 0) is 9.59 Å². The van der Waals surface area contributed by atoms with Gasteiger partial charge in [-0.3, -0.25) is 9.59 Å². The van der Waals surface area contributed by atoms with Gasteiger partial charge in [-0.1, -0.05) is 244 Å². The van der Waals surface area contributed by atoms with Crippen molar-refractivity contribution in [2.45, 2.75) is 39.5 Å². The molecule has 0 fully saturated rings. The Morgan fingerprint density at radius 2 is 0.589 bits per heavy atom. The van der Waals surface area contributed by atoms with E-state index in [1.807, 2.05) is 34.1 Å². The van der Waals surface area contributed by atoms with Gasteiger partial charge in [-0.2, -0.15) is 0 Å². The van der Waals surface area contributed by atoms with Crippen LogP contribution in [0.25, 0.3) is 189 Å². The lowest BCUT2D eigenvalue weighted by Crippen LogP contribution is -2.30. The van der Waals surface area contributed by atoms with Crippen LogP contribution in [0.1, 0.15) is 70.2 Å². The molecule has 6 aliphatic rings. The minimum Gasteiger partial charge on any atom is -0.354 e. The summed E-state index contributed by atoms with van der Waals surface area (Å²) in [7, 11) is 0. The Morgan fingerprint density at radius 1 is 0.312 bits per heavy atom. The summed E-state index contributed by atoms with van der Waals surface area (Å²) in [6, 6.07) is 88.6. The molecule has 14 heterocycles. The summed E-state index contributed by atoms with van der Waals surface area (Å²) in [6.45, 7) is 5.13. The number of amides is 2. The number of unbranched alkanes of at least 4 members (excludes halogenated alkanes) is 2. The van der Waals surface area contributed by atoms with E-state index in [1.54, 1.807) is 0 Å². The number of thiophene rings is 2. The number of carbonyl (C=O) groups is 2. The highest BCUT2D eigenvalue weighted by Gasteiger charge is 2.49. The molecule has 0 saturated carbocycles. The van der Waals surface area contributed by atoms with Gasteiger partial charge in [-0.15, -0.1) is 22.7 Å². The largest absolute Gasteiger partial charge is 0.354 e. The lowest BCUT2D eigenvalue weighted by Gasteiger charge is -2.24. The first-order chi connectivity index (χ1) is 55.2.